The molecule has 0 unspecified atom stereocenters. The Morgan fingerprint density at radius 1 is 1.07 bits per heavy atom. The van der Waals surface area contributed by atoms with Gasteiger partial charge in [-0.05, 0) is 17.7 Å². The summed E-state index contributed by atoms with van der Waals surface area (Å²) < 4.78 is 7.29. The van der Waals surface area contributed by atoms with Crippen molar-refractivity contribution in [3.63, 3.8) is 0 Å². The van der Waals surface area contributed by atoms with Crippen LogP contribution in [0.3, 0.4) is 0 Å². The Morgan fingerprint density at radius 2 is 1.80 bits per heavy atom. The van der Waals surface area contributed by atoms with Gasteiger partial charge in [0.25, 0.3) is 0 Å². The van der Waals surface area contributed by atoms with Crippen molar-refractivity contribution >= 4 is 29.3 Å². The minimum absolute atomic E-state index is 0.0752. The molecular weight excluding hydrogens is 422 g/mol. The van der Waals surface area contributed by atoms with Gasteiger partial charge < -0.3 is 15.1 Å². The van der Waals surface area contributed by atoms with E-state index in [1.54, 1.807) is 0 Å². The van der Waals surface area contributed by atoms with Crippen LogP contribution in [0.25, 0.3) is 11.4 Å². The van der Waals surface area contributed by atoms with Crippen molar-refractivity contribution in [2.24, 2.45) is 0 Å². The average Bonchev–Trinajstić information content (AvgIpc) is 3.22. The van der Waals surface area contributed by atoms with E-state index in [4.69, 9.17) is 16.3 Å². The maximum absolute atomic E-state index is 13.4. The molecule has 7 nitrogen and oxygen atoms in total. The number of aromatic nitrogens is 3. The third kappa shape index (κ3) is 3.66. The summed E-state index contributed by atoms with van der Waals surface area (Å²) in [6.45, 7) is 2.34. The van der Waals surface area contributed by atoms with Gasteiger partial charge in [-0.3, -0.25) is 4.79 Å². The molecule has 2 atom stereocenters. The normalized spacial score (nSPS) is 21.0. The monoisotopic (exact) mass is 441 g/mol. The number of halogens is 1. The zero-order valence-corrected chi connectivity index (χ0v) is 17.6. The van der Waals surface area contributed by atoms with Gasteiger partial charge in [0.2, 0.25) is 11.1 Å². The van der Waals surface area contributed by atoms with Crippen LogP contribution in [0.1, 0.15) is 11.6 Å². The van der Waals surface area contributed by atoms with Crippen LogP contribution in [0.2, 0.25) is 5.02 Å². The molecule has 3 aromatic rings. The van der Waals surface area contributed by atoms with Crippen molar-refractivity contribution in [2.45, 2.75) is 16.4 Å². The van der Waals surface area contributed by atoms with Crippen molar-refractivity contribution in [3.8, 4) is 11.4 Å². The van der Waals surface area contributed by atoms with E-state index in [0.717, 1.165) is 11.1 Å². The minimum atomic E-state index is -0.371. The Balaban J connectivity index is 1.53. The number of hydrogen-bond acceptors (Lipinski definition) is 6. The molecule has 1 aromatic heterocycles. The third-order valence-corrected chi connectivity index (χ3v) is 6.72. The van der Waals surface area contributed by atoms with Gasteiger partial charge in [0.1, 0.15) is 5.25 Å². The van der Waals surface area contributed by atoms with E-state index in [1.807, 2.05) is 64.2 Å². The number of carbonyl (C=O) groups is 1. The third-order valence-electron chi connectivity index (χ3n) is 5.26. The van der Waals surface area contributed by atoms with Crippen molar-refractivity contribution in [1.82, 2.24) is 19.8 Å². The lowest BCUT2D eigenvalue weighted by Gasteiger charge is -2.37. The SMILES string of the molecule is O=C([C@@H]1Sc2nnc(-c3ccccc3)n2N[C@@H]1c1ccc(Cl)cc1)N1CCOCC1. The summed E-state index contributed by atoms with van der Waals surface area (Å²) in [5.74, 6) is 0.792. The molecular formula is C21H20ClN5O2S. The number of benzene rings is 2. The second-order valence-electron chi connectivity index (χ2n) is 7.14. The van der Waals surface area contributed by atoms with E-state index in [-0.39, 0.29) is 17.2 Å². The number of nitrogens with one attached hydrogen (secondary N) is 1. The first-order valence-corrected chi connectivity index (χ1v) is 11.0. The molecule has 1 fully saturated rings. The van der Waals surface area contributed by atoms with E-state index in [9.17, 15) is 4.79 Å². The lowest BCUT2D eigenvalue weighted by molar-refractivity contribution is -0.135. The van der Waals surface area contributed by atoms with Gasteiger partial charge >= 0.3 is 0 Å². The number of carbonyl (C=O) groups excluding carboxylic acids is 1. The fourth-order valence-electron chi connectivity index (χ4n) is 3.70. The summed E-state index contributed by atoms with van der Waals surface area (Å²) >= 11 is 7.54. The maximum atomic E-state index is 13.4. The number of morpholine rings is 1. The number of nitrogens with zero attached hydrogens (tertiary/aromatic N) is 4. The van der Waals surface area contributed by atoms with Gasteiger partial charge in [0.05, 0.1) is 19.3 Å². The molecule has 0 radical (unpaired) electrons. The average molecular weight is 442 g/mol. The topological polar surface area (TPSA) is 72.3 Å². The lowest BCUT2D eigenvalue weighted by atomic mass is 10.0. The highest BCUT2D eigenvalue weighted by molar-refractivity contribution is 8.00. The quantitative estimate of drug-likeness (QED) is 0.672. The van der Waals surface area contributed by atoms with Gasteiger partial charge in [-0.1, -0.05) is 65.8 Å². The minimum Gasteiger partial charge on any atom is -0.378 e. The Kier molecular flexibility index (Phi) is 5.37. The van der Waals surface area contributed by atoms with E-state index in [1.165, 1.54) is 11.8 Å². The smallest absolute Gasteiger partial charge is 0.238 e. The van der Waals surface area contributed by atoms with Crippen LogP contribution in [0.5, 0.6) is 0 Å². The van der Waals surface area contributed by atoms with Crippen LogP contribution in [0.15, 0.2) is 59.8 Å². The molecule has 3 heterocycles. The summed E-state index contributed by atoms with van der Waals surface area (Å²) in [6, 6.07) is 17.2. The fourth-order valence-corrected chi connectivity index (χ4v) is 4.99. The van der Waals surface area contributed by atoms with E-state index >= 15 is 0 Å². The second kappa shape index (κ2) is 8.29. The maximum Gasteiger partial charge on any atom is 0.238 e. The first-order valence-electron chi connectivity index (χ1n) is 9.77. The standard InChI is InChI=1S/C21H20ClN5O2S/c22-16-8-6-14(7-9-16)17-18(20(28)26-10-12-29-13-11-26)30-21-24-23-19(27(21)25-17)15-4-2-1-3-5-15/h1-9,17-18,25H,10-13H2/t17-,18-/m1/s1. The van der Waals surface area contributed by atoms with Crippen LogP contribution >= 0.6 is 23.4 Å². The molecule has 2 aliphatic rings. The predicted octanol–water partition coefficient (Wildman–Crippen LogP) is 3.22. The first kappa shape index (κ1) is 19.4. The summed E-state index contributed by atoms with van der Waals surface area (Å²) in [5, 5.41) is 9.69. The van der Waals surface area contributed by atoms with Crippen molar-refractivity contribution in [1.29, 1.82) is 0 Å². The fraction of sp³-hybridized carbons (Fsp3) is 0.286. The summed E-state index contributed by atoms with van der Waals surface area (Å²) in [5.41, 5.74) is 5.44. The highest BCUT2D eigenvalue weighted by atomic mass is 35.5. The highest BCUT2D eigenvalue weighted by Crippen LogP contribution is 2.39. The molecule has 2 aromatic carbocycles. The molecule has 0 saturated carbocycles. The van der Waals surface area contributed by atoms with Crippen LogP contribution in [0.4, 0.5) is 0 Å². The molecule has 2 aliphatic heterocycles. The first-order chi connectivity index (χ1) is 14.7. The molecule has 0 spiro atoms. The van der Waals surface area contributed by atoms with Gasteiger partial charge in [0, 0.05) is 23.7 Å². The molecule has 0 bridgehead atoms. The number of thioether (sulfide) groups is 1. The largest absolute Gasteiger partial charge is 0.378 e. The zero-order valence-electron chi connectivity index (χ0n) is 16.1. The van der Waals surface area contributed by atoms with Crippen molar-refractivity contribution in [3.05, 3.63) is 65.2 Å². The summed E-state index contributed by atoms with van der Waals surface area (Å²) in [6.07, 6.45) is 0. The molecule has 0 aliphatic carbocycles. The highest BCUT2D eigenvalue weighted by Gasteiger charge is 2.40. The Bertz CT molecular complexity index is 1040. The van der Waals surface area contributed by atoms with Gasteiger partial charge in [-0.25, -0.2) is 4.68 Å². The van der Waals surface area contributed by atoms with Gasteiger partial charge in [0.15, 0.2) is 5.82 Å². The molecule has 1 saturated heterocycles. The van der Waals surface area contributed by atoms with Crippen molar-refractivity contribution < 1.29 is 9.53 Å². The molecule has 30 heavy (non-hydrogen) atoms. The molecule has 1 N–H and O–H groups in total. The Morgan fingerprint density at radius 3 is 2.53 bits per heavy atom. The van der Waals surface area contributed by atoms with Crippen LogP contribution in [-0.4, -0.2) is 57.2 Å². The number of ether oxygens (including phenoxy) is 1. The zero-order chi connectivity index (χ0) is 20.5. The Labute approximate surface area is 183 Å². The van der Waals surface area contributed by atoms with E-state index < -0.39 is 0 Å². The predicted molar refractivity (Wildman–Crippen MR) is 116 cm³/mol. The van der Waals surface area contributed by atoms with Crippen LogP contribution in [-0.2, 0) is 9.53 Å². The van der Waals surface area contributed by atoms with E-state index in [2.05, 4.69) is 15.6 Å². The van der Waals surface area contributed by atoms with Gasteiger partial charge in [-0.2, -0.15) is 0 Å². The second-order valence-corrected chi connectivity index (χ2v) is 8.69. The number of fused-ring (bicyclic) bond motifs is 1. The van der Waals surface area contributed by atoms with E-state index in [0.29, 0.717) is 42.3 Å². The number of hydrogen-bond donors (Lipinski definition) is 1. The van der Waals surface area contributed by atoms with Gasteiger partial charge in [-0.15, -0.1) is 10.2 Å². The summed E-state index contributed by atoms with van der Waals surface area (Å²) in [4.78, 5) is 15.3. The summed E-state index contributed by atoms with van der Waals surface area (Å²) in [7, 11) is 0. The molecule has 9 heteroatoms. The molecule has 5 rings (SSSR count). The lowest BCUT2D eigenvalue weighted by Crippen LogP contribution is -2.49. The Hall–Kier alpha value is -2.55. The van der Waals surface area contributed by atoms with Crippen LogP contribution in [0, 0.1) is 0 Å². The molecule has 154 valence electrons. The number of rotatable bonds is 3. The molecule has 1 amide bonds. The number of amides is 1. The van der Waals surface area contributed by atoms with Crippen LogP contribution < -0.4 is 5.43 Å². The van der Waals surface area contributed by atoms with Crippen molar-refractivity contribution in [2.75, 3.05) is 31.7 Å².